The molecule has 0 fully saturated rings. The maximum absolute atomic E-state index is 5.01. The zero-order valence-electron chi connectivity index (χ0n) is 24.4. The standard InChI is InChI=1S/C41H26N4/c1-3-11-28(12-4-1)36-26-37(43-40(42-36)30-13-5-2-6-14-30)29-21-19-27(20-22-29)31-23-24-38-34(25-31)32-15-7-8-16-33(32)41-44-35-17-9-10-18-39(35)45(38)41/h1-26H/p+1. The molecule has 3 aromatic heterocycles. The van der Waals surface area contributed by atoms with Gasteiger partial charge in [0, 0.05) is 27.5 Å². The van der Waals surface area contributed by atoms with Gasteiger partial charge in [-0.1, -0.05) is 121 Å². The Morgan fingerprint density at radius 2 is 0.978 bits per heavy atom. The average molecular weight is 576 g/mol. The van der Waals surface area contributed by atoms with E-state index in [1.807, 2.05) is 36.4 Å². The summed E-state index contributed by atoms with van der Waals surface area (Å²) < 4.78 is 2.35. The molecule has 0 spiro atoms. The molecule has 0 radical (unpaired) electrons. The van der Waals surface area contributed by atoms with E-state index in [1.165, 1.54) is 32.8 Å². The second kappa shape index (κ2) is 10.2. The van der Waals surface area contributed by atoms with Gasteiger partial charge < -0.3 is 0 Å². The lowest BCUT2D eigenvalue weighted by atomic mass is 9.98. The molecule has 6 aromatic carbocycles. The SMILES string of the molecule is c1ccc(-c2cc(-c3ccc(-c4ccc5c(c4)c4ccccc4c4[nH]c6ccccc6[n+]54)cc3)nc(-c3ccccc3)n2)cc1. The van der Waals surface area contributed by atoms with Gasteiger partial charge in [-0.15, -0.1) is 0 Å². The monoisotopic (exact) mass is 575 g/mol. The van der Waals surface area contributed by atoms with Crippen molar-refractivity contribution in [3.63, 3.8) is 0 Å². The molecule has 0 amide bonds. The molecule has 0 bridgehead atoms. The van der Waals surface area contributed by atoms with E-state index in [0.29, 0.717) is 0 Å². The number of para-hydroxylation sites is 2. The molecule has 9 rings (SSSR count). The molecule has 0 saturated heterocycles. The predicted octanol–water partition coefficient (Wildman–Crippen LogP) is 9.67. The Morgan fingerprint density at radius 3 is 1.73 bits per heavy atom. The number of hydrogen-bond donors (Lipinski definition) is 1. The van der Waals surface area contributed by atoms with Crippen LogP contribution < -0.4 is 4.40 Å². The maximum atomic E-state index is 5.01. The number of nitrogens with one attached hydrogen (secondary N) is 1. The van der Waals surface area contributed by atoms with Gasteiger partial charge in [-0.2, -0.15) is 4.40 Å². The Hall–Kier alpha value is -6.13. The van der Waals surface area contributed by atoms with Gasteiger partial charge in [-0.25, -0.2) is 15.0 Å². The van der Waals surface area contributed by atoms with E-state index < -0.39 is 0 Å². The summed E-state index contributed by atoms with van der Waals surface area (Å²) in [6, 6.07) is 55.3. The van der Waals surface area contributed by atoms with Crippen LogP contribution in [0, 0.1) is 0 Å². The van der Waals surface area contributed by atoms with Crippen LogP contribution in [0.5, 0.6) is 0 Å². The lowest BCUT2D eigenvalue weighted by Crippen LogP contribution is -2.21. The molecule has 0 unspecified atom stereocenters. The summed E-state index contributed by atoms with van der Waals surface area (Å²) in [5, 5.41) is 3.67. The van der Waals surface area contributed by atoms with Crippen molar-refractivity contribution in [2.45, 2.75) is 0 Å². The van der Waals surface area contributed by atoms with Crippen molar-refractivity contribution >= 4 is 38.4 Å². The smallest absolute Gasteiger partial charge is 0.236 e. The van der Waals surface area contributed by atoms with E-state index in [9.17, 15) is 0 Å². The van der Waals surface area contributed by atoms with E-state index in [2.05, 4.69) is 131 Å². The Labute approximate surface area is 259 Å². The van der Waals surface area contributed by atoms with Crippen molar-refractivity contribution in [2.75, 3.05) is 0 Å². The molecule has 0 saturated carbocycles. The van der Waals surface area contributed by atoms with Gasteiger partial charge in [0.2, 0.25) is 0 Å². The highest BCUT2D eigenvalue weighted by Gasteiger charge is 2.20. The van der Waals surface area contributed by atoms with Gasteiger partial charge in [0.05, 0.1) is 16.8 Å². The topological polar surface area (TPSA) is 45.7 Å². The summed E-state index contributed by atoms with van der Waals surface area (Å²) in [4.78, 5) is 13.6. The highest BCUT2D eigenvalue weighted by Crippen LogP contribution is 2.33. The first-order valence-electron chi connectivity index (χ1n) is 15.2. The van der Waals surface area contributed by atoms with E-state index in [0.717, 1.165) is 50.6 Å². The number of H-pyrrole nitrogens is 1. The van der Waals surface area contributed by atoms with E-state index in [1.54, 1.807) is 0 Å². The summed E-state index contributed by atoms with van der Waals surface area (Å²) in [7, 11) is 0. The zero-order chi connectivity index (χ0) is 29.7. The van der Waals surface area contributed by atoms with E-state index in [-0.39, 0.29) is 0 Å². The van der Waals surface area contributed by atoms with Crippen molar-refractivity contribution in [3.05, 3.63) is 158 Å². The third-order valence-corrected chi connectivity index (χ3v) is 8.67. The van der Waals surface area contributed by atoms with Crippen LogP contribution in [-0.4, -0.2) is 15.0 Å². The first kappa shape index (κ1) is 25.4. The number of nitrogens with zero attached hydrogens (tertiary/aromatic N) is 3. The first-order chi connectivity index (χ1) is 22.3. The Bertz CT molecular complexity index is 2460. The van der Waals surface area contributed by atoms with Gasteiger partial charge in [0.25, 0.3) is 5.65 Å². The van der Waals surface area contributed by atoms with Crippen LogP contribution >= 0.6 is 0 Å². The van der Waals surface area contributed by atoms with Gasteiger partial charge >= 0.3 is 0 Å². The molecule has 4 heteroatoms. The van der Waals surface area contributed by atoms with Crippen LogP contribution in [-0.2, 0) is 0 Å². The van der Waals surface area contributed by atoms with Crippen molar-refractivity contribution in [3.8, 4) is 45.0 Å². The number of imidazole rings is 1. The highest BCUT2D eigenvalue weighted by molar-refractivity contribution is 6.10. The lowest BCUT2D eigenvalue weighted by molar-refractivity contribution is -0.448. The fraction of sp³-hybridized carbons (Fsp3) is 0. The Morgan fingerprint density at radius 1 is 0.400 bits per heavy atom. The van der Waals surface area contributed by atoms with Gasteiger partial charge in [-0.05, 0) is 47.5 Å². The van der Waals surface area contributed by atoms with Crippen LogP contribution in [0.1, 0.15) is 0 Å². The number of fused-ring (bicyclic) bond motifs is 8. The molecular formula is C41H27N4+. The Kier molecular flexibility index (Phi) is 5.78. The molecule has 210 valence electrons. The molecule has 0 aliphatic rings. The normalized spacial score (nSPS) is 11.6. The molecule has 9 aromatic rings. The minimum Gasteiger partial charge on any atom is -0.236 e. The second-order valence-electron chi connectivity index (χ2n) is 11.4. The summed E-state index contributed by atoms with van der Waals surface area (Å²) in [5.41, 5.74) is 11.9. The maximum Gasteiger partial charge on any atom is 0.293 e. The van der Waals surface area contributed by atoms with E-state index in [4.69, 9.17) is 9.97 Å². The third kappa shape index (κ3) is 4.27. The molecule has 45 heavy (non-hydrogen) atoms. The predicted molar refractivity (Wildman–Crippen MR) is 184 cm³/mol. The minimum atomic E-state index is 0.721. The van der Waals surface area contributed by atoms with Crippen LogP contribution in [0.2, 0.25) is 0 Å². The number of rotatable bonds is 4. The molecule has 3 heterocycles. The summed E-state index contributed by atoms with van der Waals surface area (Å²) in [6.07, 6.45) is 0. The highest BCUT2D eigenvalue weighted by atomic mass is 15.0. The molecular weight excluding hydrogens is 548 g/mol. The van der Waals surface area contributed by atoms with Crippen LogP contribution in [0.4, 0.5) is 0 Å². The summed E-state index contributed by atoms with van der Waals surface area (Å²) >= 11 is 0. The first-order valence-corrected chi connectivity index (χ1v) is 15.2. The summed E-state index contributed by atoms with van der Waals surface area (Å²) in [6.45, 7) is 0. The molecule has 0 atom stereocenters. The van der Waals surface area contributed by atoms with Crippen molar-refractivity contribution < 1.29 is 4.40 Å². The van der Waals surface area contributed by atoms with E-state index >= 15 is 0 Å². The third-order valence-electron chi connectivity index (χ3n) is 8.67. The fourth-order valence-electron chi connectivity index (χ4n) is 6.47. The minimum absolute atomic E-state index is 0.721. The zero-order valence-corrected chi connectivity index (χ0v) is 24.4. The number of aromatic nitrogens is 4. The molecule has 0 aliphatic carbocycles. The molecule has 0 aliphatic heterocycles. The average Bonchev–Trinajstić information content (AvgIpc) is 3.52. The summed E-state index contributed by atoms with van der Waals surface area (Å²) in [5.74, 6) is 0.721. The number of benzene rings is 6. The lowest BCUT2D eigenvalue weighted by Gasteiger charge is -2.10. The van der Waals surface area contributed by atoms with Crippen molar-refractivity contribution in [1.29, 1.82) is 0 Å². The number of hydrogen-bond acceptors (Lipinski definition) is 2. The van der Waals surface area contributed by atoms with Crippen LogP contribution in [0.25, 0.3) is 83.4 Å². The number of pyridine rings is 1. The number of aromatic amines is 1. The molecule has 4 nitrogen and oxygen atoms in total. The van der Waals surface area contributed by atoms with Crippen molar-refractivity contribution in [2.24, 2.45) is 0 Å². The van der Waals surface area contributed by atoms with Gasteiger partial charge in [0.1, 0.15) is 5.52 Å². The fourth-order valence-corrected chi connectivity index (χ4v) is 6.47. The molecule has 1 N–H and O–H groups in total. The largest absolute Gasteiger partial charge is 0.293 e. The van der Waals surface area contributed by atoms with Gasteiger partial charge in [0.15, 0.2) is 16.9 Å². The quantitative estimate of drug-likeness (QED) is 0.168. The Balaban J connectivity index is 1.17. The van der Waals surface area contributed by atoms with Crippen LogP contribution in [0.15, 0.2) is 158 Å². The second-order valence-corrected chi connectivity index (χ2v) is 11.4. The van der Waals surface area contributed by atoms with Gasteiger partial charge in [-0.3, -0.25) is 0 Å². The van der Waals surface area contributed by atoms with Crippen LogP contribution in [0.3, 0.4) is 0 Å². The van der Waals surface area contributed by atoms with Crippen molar-refractivity contribution in [1.82, 2.24) is 15.0 Å².